The minimum Gasteiger partial charge on any atom is -0.490 e. The zero-order valence-corrected chi connectivity index (χ0v) is 25.4. The number of carbonyl (C=O) groups excluding carboxylic acids is 2. The molecule has 0 aliphatic heterocycles. The van der Waals surface area contributed by atoms with Crippen LogP contribution in [0.25, 0.3) is 0 Å². The lowest BCUT2D eigenvalue weighted by atomic mass is 10.1. The maximum absolute atomic E-state index is 13.9. The van der Waals surface area contributed by atoms with Gasteiger partial charge in [0.05, 0.1) is 12.7 Å². The zero-order chi connectivity index (χ0) is 30.9. The van der Waals surface area contributed by atoms with Crippen molar-refractivity contribution in [3.8, 4) is 17.2 Å². The summed E-state index contributed by atoms with van der Waals surface area (Å²) in [6.45, 7) is 9.17. The predicted octanol–water partition coefficient (Wildman–Crippen LogP) is 4.66. The summed E-state index contributed by atoms with van der Waals surface area (Å²) < 4.78 is 44.3. The molecule has 2 atom stereocenters. The third-order valence-electron chi connectivity index (χ3n) is 6.13. The van der Waals surface area contributed by atoms with E-state index in [1.54, 1.807) is 60.7 Å². The van der Waals surface area contributed by atoms with E-state index in [-0.39, 0.29) is 23.3 Å². The minimum absolute atomic E-state index is 0.111. The van der Waals surface area contributed by atoms with Crippen LogP contribution in [0.3, 0.4) is 0 Å². The van der Waals surface area contributed by atoms with Crippen molar-refractivity contribution in [2.75, 3.05) is 17.7 Å². The van der Waals surface area contributed by atoms with Gasteiger partial charge in [-0.05, 0) is 68.3 Å². The van der Waals surface area contributed by atoms with E-state index in [2.05, 4.69) is 10.6 Å². The number of hydrogen-bond donors (Lipinski definition) is 3. The van der Waals surface area contributed by atoms with E-state index in [0.29, 0.717) is 41.7 Å². The fourth-order valence-corrected chi connectivity index (χ4v) is 5.35. The molecule has 0 heterocycles. The summed E-state index contributed by atoms with van der Waals surface area (Å²) in [5, 5.41) is 3.93. The smallest absolute Gasteiger partial charge is 0.267 e. The third kappa shape index (κ3) is 8.70. The van der Waals surface area contributed by atoms with Crippen LogP contribution in [0.15, 0.2) is 66.7 Å². The van der Waals surface area contributed by atoms with Crippen LogP contribution in [-0.4, -0.2) is 38.7 Å². The lowest BCUT2D eigenvalue weighted by Gasteiger charge is -2.25. The van der Waals surface area contributed by atoms with Crippen molar-refractivity contribution >= 4 is 27.3 Å². The molecule has 10 nitrogen and oxygen atoms in total. The maximum Gasteiger partial charge on any atom is 0.267 e. The highest BCUT2D eigenvalue weighted by atomic mass is 32.2. The average Bonchev–Trinajstić information content (AvgIpc) is 2.95. The molecule has 0 spiro atoms. The first kappa shape index (κ1) is 32.4. The lowest BCUT2D eigenvalue weighted by Crippen LogP contribution is -2.39. The van der Waals surface area contributed by atoms with Crippen molar-refractivity contribution in [3.05, 3.63) is 83.4 Å². The maximum atomic E-state index is 13.9. The number of sulfone groups is 1. The van der Waals surface area contributed by atoms with Crippen LogP contribution >= 0.6 is 0 Å². The topological polar surface area (TPSA) is 146 Å². The molecule has 42 heavy (non-hydrogen) atoms. The molecule has 0 saturated heterocycles. The molecule has 226 valence electrons. The molecule has 0 radical (unpaired) electrons. The normalized spacial score (nSPS) is 12.7. The quantitative estimate of drug-likeness (QED) is 0.243. The number of benzene rings is 3. The molecular weight excluding hydrogens is 558 g/mol. The molecule has 2 unspecified atom stereocenters. The first-order valence-corrected chi connectivity index (χ1v) is 15.5. The Morgan fingerprint density at radius 3 is 2.21 bits per heavy atom. The summed E-state index contributed by atoms with van der Waals surface area (Å²) in [6.07, 6.45) is -1.37. The summed E-state index contributed by atoms with van der Waals surface area (Å²) >= 11 is 0. The Morgan fingerprint density at radius 1 is 0.905 bits per heavy atom. The number of rotatable bonds is 14. The van der Waals surface area contributed by atoms with E-state index in [0.717, 1.165) is 5.56 Å². The van der Waals surface area contributed by atoms with Gasteiger partial charge in [-0.15, -0.1) is 0 Å². The van der Waals surface area contributed by atoms with Crippen LogP contribution in [0.4, 0.5) is 5.69 Å². The van der Waals surface area contributed by atoms with Gasteiger partial charge in [0.1, 0.15) is 5.75 Å². The van der Waals surface area contributed by atoms with Gasteiger partial charge in [-0.3, -0.25) is 9.59 Å². The van der Waals surface area contributed by atoms with Gasteiger partial charge in [0, 0.05) is 30.5 Å². The molecule has 0 aromatic heterocycles. The summed E-state index contributed by atoms with van der Waals surface area (Å²) in [5.41, 5.74) is 7.72. The summed E-state index contributed by atoms with van der Waals surface area (Å²) in [6, 6.07) is 18.3. The number of anilines is 1. The monoisotopic (exact) mass is 597 g/mol. The standard InChI is InChI=1S/C31H39N3O7S/c1-6-39-28-18-23(13-16-27(28)40-20(3)4)29(41-26-14-11-22(19-32)12-15-26)30(36)34-31(42(37,38)7-2)24-9-8-10-25(17-24)33-21(5)35/h8-18,20,29,31H,6-7,19,32H2,1-5H3,(H,33,35)(H,34,36). The Morgan fingerprint density at radius 2 is 1.62 bits per heavy atom. The van der Waals surface area contributed by atoms with Crippen LogP contribution in [-0.2, 0) is 26.0 Å². The van der Waals surface area contributed by atoms with Crippen molar-refractivity contribution in [1.82, 2.24) is 5.32 Å². The fraction of sp³-hybridized carbons (Fsp3) is 0.355. The van der Waals surface area contributed by atoms with Crippen LogP contribution in [0, 0.1) is 0 Å². The molecule has 3 aromatic carbocycles. The number of amides is 2. The first-order valence-electron chi connectivity index (χ1n) is 13.8. The van der Waals surface area contributed by atoms with E-state index in [1.165, 1.54) is 19.9 Å². The molecule has 2 amide bonds. The SMILES string of the molecule is CCOc1cc(C(Oc2ccc(CN)cc2)C(=O)NC(c2cccc(NC(C)=O)c2)S(=O)(=O)CC)ccc1OC(C)C. The Kier molecular flexibility index (Phi) is 11.3. The first-order chi connectivity index (χ1) is 20.0. The van der Waals surface area contributed by atoms with Gasteiger partial charge in [0.15, 0.2) is 26.7 Å². The van der Waals surface area contributed by atoms with Gasteiger partial charge in [0.25, 0.3) is 5.91 Å². The van der Waals surface area contributed by atoms with Crippen molar-refractivity contribution in [2.24, 2.45) is 5.73 Å². The Hall–Kier alpha value is -4.09. The highest BCUT2D eigenvalue weighted by molar-refractivity contribution is 7.91. The van der Waals surface area contributed by atoms with Gasteiger partial charge < -0.3 is 30.6 Å². The van der Waals surface area contributed by atoms with E-state index in [4.69, 9.17) is 19.9 Å². The molecule has 3 rings (SSSR count). The van der Waals surface area contributed by atoms with E-state index < -0.39 is 27.2 Å². The molecule has 11 heteroatoms. The van der Waals surface area contributed by atoms with Crippen LogP contribution in [0.2, 0.25) is 0 Å². The van der Waals surface area contributed by atoms with Crippen molar-refractivity contribution < 1.29 is 32.2 Å². The summed E-state index contributed by atoms with van der Waals surface area (Å²) in [4.78, 5) is 25.6. The second-order valence-electron chi connectivity index (χ2n) is 9.80. The van der Waals surface area contributed by atoms with E-state index in [9.17, 15) is 18.0 Å². The molecular formula is C31H39N3O7S. The van der Waals surface area contributed by atoms with Crippen molar-refractivity contribution in [3.63, 3.8) is 0 Å². The van der Waals surface area contributed by atoms with Crippen LogP contribution in [0.5, 0.6) is 17.2 Å². The fourth-order valence-electron chi connectivity index (χ4n) is 4.16. The molecule has 0 aliphatic rings. The van der Waals surface area contributed by atoms with Gasteiger partial charge in [-0.25, -0.2) is 8.42 Å². The molecule has 0 saturated carbocycles. The highest BCUT2D eigenvalue weighted by Gasteiger charge is 2.33. The lowest BCUT2D eigenvalue weighted by molar-refractivity contribution is -0.128. The number of nitrogens with one attached hydrogen (secondary N) is 2. The summed E-state index contributed by atoms with van der Waals surface area (Å²) in [7, 11) is -3.85. The van der Waals surface area contributed by atoms with E-state index >= 15 is 0 Å². The zero-order valence-electron chi connectivity index (χ0n) is 24.5. The number of hydrogen-bond acceptors (Lipinski definition) is 8. The summed E-state index contributed by atoms with van der Waals surface area (Å²) in [5.74, 6) is 0.0763. The average molecular weight is 598 g/mol. The van der Waals surface area contributed by atoms with Gasteiger partial charge in [0.2, 0.25) is 12.0 Å². The van der Waals surface area contributed by atoms with Crippen LogP contribution in [0.1, 0.15) is 62.8 Å². The molecule has 3 aromatic rings. The van der Waals surface area contributed by atoms with Gasteiger partial charge in [-0.2, -0.15) is 0 Å². The molecule has 4 N–H and O–H groups in total. The second kappa shape index (κ2) is 14.7. The van der Waals surface area contributed by atoms with Crippen molar-refractivity contribution in [2.45, 2.75) is 58.7 Å². The minimum atomic E-state index is -3.85. The van der Waals surface area contributed by atoms with Gasteiger partial charge in [-0.1, -0.05) is 37.3 Å². The molecule has 0 bridgehead atoms. The van der Waals surface area contributed by atoms with E-state index in [1.807, 2.05) is 20.8 Å². The Labute approximate surface area is 247 Å². The number of carbonyl (C=O) groups is 2. The highest BCUT2D eigenvalue weighted by Crippen LogP contribution is 2.34. The Bertz CT molecular complexity index is 1470. The molecule has 0 fully saturated rings. The largest absolute Gasteiger partial charge is 0.490 e. The molecule has 0 aliphatic carbocycles. The van der Waals surface area contributed by atoms with Crippen LogP contribution < -0.4 is 30.6 Å². The number of nitrogens with two attached hydrogens (primary N) is 1. The van der Waals surface area contributed by atoms with Crippen molar-refractivity contribution in [1.29, 1.82) is 0 Å². The Balaban J connectivity index is 2.07. The predicted molar refractivity (Wildman–Crippen MR) is 162 cm³/mol. The van der Waals surface area contributed by atoms with Gasteiger partial charge >= 0.3 is 0 Å². The number of ether oxygens (including phenoxy) is 3. The second-order valence-corrected chi connectivity index (χ2v) is 12.2. The third-order valence-corrected chi connectivity index (χ3v) is 8.04.